The van der Waals surface area contributed by atoms with Crippen molar-refractivity contribution in [3.63, 3.8) is 0 Å². The van der Waals surface area contributed by atoms with Gasteiger partial charge in [0.25, 0.3) is 5.97 Å². The van der Waals surface area contributed by atoms with Gasteiger partial charge in [-0.25, -0.2) is 4.79 Å². The minimum absolute atomic E-state index is 0.345. The SMILES string of the molecule is CC(=O)O.CCONC(=C=O)C1CCCCC1. The number of carbonyl (C=O) groups excluding carboxylic acids is 1. The molecule has 0 aromatic rings. The van der Waals surface area contributed by atoms with Crippen molar-refractivity contribution in [2.24, 2.45) is 5.92 Å². The van der Waals surface area contributed by atoms with E-state index in [-0.39, 0.29) is 0 Å². The molecule has 1 fully saturated rings. The maximum atomic E-state index is 10.6. The van der Waals surface area contributed by atoms with Crippen LogP contribution in [0.5, 0.6) is 0 Å². The maximum Gasteiger partial charge on any atom is 0.300 e. The summed E-state index contributed by atoms with van der Waals surface area (Å²) >= 11 is 0. The van der Waals surface area contributed by atoms with Gasteiger partial charge in [0.1, 0.15) is 11.6 Å². The second-order valence-electron chi connectivity index (χ2n) is 3.90. The van der Waals surface area contributed by atoms with E-state index in [1.165, 1.54) is 19.3 Å². The van der Waals surface area contributed by atoms with Gasteiger partial charge in [0, 0.05) is 12.8 Å². The number of carbonyl (C=O) groups is 1. The van der Waals surface area contributed by atoms with Crippen LogP contribution in [-0.4, -0.2) is 23.6 Å². The van der Waals surface area contributed by atoms with Crippen molar-refractivity contribution in [2.45, 2.75) is 46.0 Å². The molecule has 98 valence electrons. The smallest absolute Gasteiger partial charge is 0.300 e. The molecule has 0 amide bonds. The van der Waals surface area contributed by atoms with Gasteiger partial charge in [-0.2, -0.15) is 0 Å². The molecule has 5 heteroatoms. The van der Waals surface area contributed by atoms with Gasteiger partial charge < -0.3 is 5.11 Å². The fourth-order valence-electron chi connectivity index (χ4n) is 1.73. The quantitative estimate of drug-likeness (QED) is 0.582. The van der Waals surface area contributed by atoms with E-state index in [0.717, 1.165) is 19.8 Å². The third-order valence-corrected chi connectivity index (χ3v) is 2.45. The van der Waals surface area contributed by atoms with Crippen LogP contribution in [0.2, 0.25) is 0 Å². The van der Waals surface area contributed by atoms with E-state index in [4.69, 9.17) is 14.7 Å². The van der Waals surface area contributed by atoms with Crippen molar-refractivity contribution >= 4 is 11.9 Å². The number of allylic oxidation sites excluding steroid dienone is 1. The Labute approximate surface area is 102 Å². The summed E-state index contributed by atoms with van der Waals surface area (Å²) in [5.74, 6) is 1.45. The minimum Gasteiger partial charge on any atom is -0.481 e. The Morgan fingerprint density at radius 2 is 1.94 bits per heavy atom. The second kappa shape index (κ2) is 9.87. The van der Waals surface area contributed by atoms with E-state index in [0.29, 0.717) is 18.2 Å². The van der Waals surface area contributed by atoms with Crippen molar-refractivity contribution in [3.8, 4) is 0 Å². The molecule has 0 radical (unpaired) electrons. The highest BCUT2D eigenvalue weighted by Gasteiger charge is 2.18. The van der Waals surface area contributed by atoms with E-state index in [1.807, 2.05) is 12.9 Å². The van der Waals surface area contributed by atoms with Crippen LogP contribution in [0, 0.1) is 5.92 Å². The molecule has 0 unspecified atom stereocenters. The van der Waals surface area contributed by atoms with Crippen LogP contribution in [0.15, 0.2) is 5.70 Å². The van der Waals surface area contributed by atoms with Crippen LogP contribution in [0.3, 0.4) is 0 Å². The molecular weight excluding hydrogens is 222 g/mol. The van der Waals surface area contributed by atoms with Crippen molar-refractivity contribution in [1.82, 2.24) is 5.48 Å². The Kier molecular flexibility index (Phi) is 9.11. The van der Waals surface area contributed by atoms with Gasteiger partial charge in [0.05, 0.1) is 6.61 Å². The first-order valence-corrected chi connectivity index (χ1v) is 5.94. The molecule has 0 bridgehead atoms. The molecule has 0 saturated heterocycles. The largest absolute Gasteiger partial charge is 0.481 e. The molecule has 0 atom stereocenters. The Morgan fingerprint density at radius 1 is 1.41 bits per heavy atom. The molecule has 17 heavy (non-hydrogen) atoms. The fourth-order valence-corrected chi connectivity index (χ4v) is 1.73. The highest BCUT2D eigenvalue weighted by molar-refractivity contribution is 5.62. The van der Waals surface area contributed by atoms with E-state index >= 15 is 0 Å². The molecule has 1 aliphatic carbocycles. The average Bonchev–Trinajstić information content (AvgIpc) is 2.31. The minimum atomic E-state index is -0.833. The first-order chi connectivity index (χ1) is 8.11. The van der Waals surface area contributed by atoms with E-state index in [9.17, 15) is 4.79 Å². The number of aliphatic carboxylic acids is 1. The highest BCUT2D eigenvalue weighted by atomic mass is 16.6. The van der Waals surface area contributed by atoms with Crippen LogP contribution in [0.1, 0.15) is 46.0 Å². The van der Waals surface area contributed by atoms with E-state index in [2.05, 4.69) is 5.48 Å². The molecule has 1 rings (SSSR count). The summed E-state index contributed by atoms with van der Waals surface area (Å²) in [6.07, 6.45) is 5.89. The summed E-state index contributed by atoms with van der Waals surface area (Å²) < 4.78 is 0. The van der Waals surface area contributed by atoms with Gasteiger partial charge in [0.15, 0.2) is 0 Å². The number of carboxylic acid groups (broad SMARTS) is 1. The van der Waals surface area contributed by atoms with Crippen molar-refractivity contribution in [2.75, 3.05) is 6.61 Å². The lowest BCUT2D eigenvalue weighted by Crippen LogP contribution is -2.23. The lowest BCUT2D eigenvalue weighted by molar-refractivity contribution is -0.134. The fraction of sp³-hybridized carbons (Fsp3) is 0.750. The zero-order chi connectivity index (χ0) is 13.1. The highest BCUT2D eigenvalue weighted by Crippen LogP contribution is 2.27. The third-order valence-electron chi connectivity index (χ3n) is 2.45. The zero-order valence-corrected chi connectivity index (χ0v) is 10.5. The van der Waals surface area contributed by atoms with Crippen molar-refractivity contribution in [3.05, 3.63) is 5.70 Å². The lowest BCUT2D eigenvalue weighted by atomic mass is 9.87. The first-order valence-electron chi connectivity index (χ1n) is 5.94. The monoisotopic (exact) mass is 243 g/mol. The Balaban J connectivity index is 0.000000557. The summed E-state index contributed by atoms with van der Waals surface area (Å²) in [7, 11) is 0. The predicted molar refractivity (Wildman–Crippen MR) is 63.9 cm³/mol. The number of rotatable bonds is 4. The Hall–Kier alpha value is -1.32. The molecule has 0 heterocycles. The van der Waals surface area contributed by atoms with Gasteiger partial charge in [0.2, 0.25) is 0 Å². The molecule has 0 aromatic carbocycles. The molecule has 0 aliphatic heterocycles. The number of hydrogen-bond acceptors (Lipinski definition) is 4. The van der Waals surface area contributed by atoms with Gasteiger partial charge in [-0.15, -0.1) is 0 Å². The summed E-state index contributed by atoms with van der Waals surface area (Å²) in [6.45, 7) is 3.54. The summed E-state index contributed by atoms with van der Waals surface area (Å²) in [6, 6.07) is 0. The van der Waals surface area contributed by atoms with Crippen LogP contribution >= 0.6 is 0 Å². The maximum absolute atomic E-state index is 10.6. The van der Waals surface area contributed by atoms with Crippen LogP contribution in [0.4, 0.5) is 0 Å². The number of nitrogens with one attached hydrogen (secondary N) is 1. The first kappa shape index (κ1) is 15.7. The van der Waals surface area contributed by atoms with Crippen LogP contribution in [-0.2, 0) is 14.4 Å². The van der Waals surface area contributed by atoms with E-state index in [1.54, 1.807) is 0 Å². The molecule has 1 saturated carbocycles. The van der Waals surface area contributed by atoms with Crippen LogP contribution < -0.4 is 5.48 Å². The Morgan fingerprint density at radius 3 is 2.35 bits per heavy atom. The van der Waals surface area contributed by atoms with Gasteiger partial charge in [-0.05, 0) is 19.8 Å². The number of hydroxylamine groups is 1. The standard InChI is InChI=1S/C10H17NO2.C2H4O2/c1-2-13-11-10(8-12)9-6-4-3-5-7-9;1-2(3)4/h9,11H,2-7H2,1H3;1H3,(H,3,4). The normalized spacial score (nSPS) is 15.2. The lowest BCUT2D eigenvalue weighted by Gasteiger charge is -2.22. The topological polar surface area (TPSA) is 75.6 Å². The van der Waals surface area contributed by atoms with Crippen molar-refractivity contribution in [1.29, 1.82) is 0 Å². The van der Waals surface area contributed by atoms with Gasteiger partial charge >= 0.3 is 0 Å². The van der Waals surface area contributed by atoms with Gasteiger partial charge in [-0.3, -0.25) is 15.1 Å². The third kappa shape index (κ3) is 8.48. The molecular formula is C12H21NO4. The predicted octanol–water partition coefficient (Wildman–Crippen LogP) is 1.91. The number of carboxylic acids is 1. The average molecular weight is 243 g/mol. The number of hydrogen-bond donors (Lipinski definition) is 2. The van der Waals surface area contributed by atoms with Gasteiger partial charge in [-0.1, -0.05) is 19.3 Å². The van der Waals surface area contributed by atoms with E-state index < -0.39 is 5.97 Å². The summed E-state index contributed by atoms with van der Waals surface area (Å²) in [5, 5.41) is 7.42. The molecule has 1 aliphatic rings. The molecule has 5 nitrogen and oxygen atoms in total. The molecule has 0 aromatic heterocycles. The van der Waals surface area contributed by atoms with Crippen LogP contribution in [0.25, 0.3) is 0 Å². The second-order valence-corrected chi connectivity index (χ2v) is 3.90. The summed E-state index contributed by atoms with van der Waals surface area (Å²) in [4.78, 5) is 24.6. The summed E-state index contributed by atoms with van der Waals surface area (Å²) in [5.41, 5.74) is 3.28. The molecule has 0 spiro atoms. The molecule has 2 N–H and O–H groups in total. The van der Waals surface area contributed by atoms with Crippen molar-refractivity contribution < 1.29 is 19.5 Å². The Bertz CT molecular complexity index is 262. The zero-order valence-electron chi connectivity index (χ0n) is 10.5.